The summed E-state index contributed by atoms with van der Waals surface area (Å²) in [5.41, 5.74) is 7.62. The lowest BCUT2D eigenvalue weighted by atomic mass is 10.1. The van der Waals surface area contributed by atoms with Crippen LogP contribution in [0.15, 0.2) is 48.5 Å². The topological polar surface area (TPSA) is 55.6 Å². The van der Waals surface area contributed by atoms with Crippen LogP contribution >= 0.6 is 0 Å². The van der Waals surface area contributed by atoms with Gasteiger partial charge in [0.15, 0.2) is 0 Å². The van der Waals surface area contributed by atoms with Crippen molar-refractivity contribution in [2.24, 2.45) is 0 Å². The van der Waals surface area contributed by atoms with Gasteiger partial charge in [-0.25, -0.2) is 4.39 Å². The number of hydrogen-bond acceptors (Lipinski definition) is 3. The van der Waals surface area contributed by atoms with Crippen molar-refractivity contribution < 1.29 is 13.9 Å². The third kappa shape index (κ3) is 4.11. The predicted octanol–water partition coefficient (Wildman–Crippen LogP) is 3.23. The summed E-state index contributed by atoms with van der Waals surface area (Å²) in [6.45, 7) is 1.56. The van der Waals surface area contributed by atoms with Crippen molar-refractivity contribution in [3.05, 3.63) is 65.5 Å². The van der Waals surface area contributed by atoms with Gasteiger partial charge in [0.05, 0.1) is 6.10 Å². The van der Waals surface area contributed by atoms with Crippen molar-refractivity contribution in [3.8, 4) is 0 Å². The zero-order chi connectivity index (χ0) is 16.9. The van der Waals surface area contributed by atoms with E-state index in [1.807, 2.05) is 6.07 Å². The largest absolute Gasteiger partial charge is 0.399 e. The first-order valence-corrected chi connectivity index (χ1v) is 8.13. The first-order chi connectivity index (χ1) is 11.6. The van der Waals surface area contributed by atoms with E-state index in [1.54, 1.807) is 35.2 Å². The van der Waals surface area contributed by atoms with Crippen LogP contribution in [0.4, 0.5) is 10.1 Å². The molecule has 1 amide bonds. The van der Waals surface area contributed by atoms with Gasteiger partial charge < -0.3 is 15.4 Å². The monoisotopic (exact) mass is 328 g/mol. The lowest BCUT2D eigenvalue weighted by Gasteiger charge is -2.26. The number of amides is 1. The maximum Gasteiger partial charge on any atom is 0.254 e. The molecule has 2 aromatic rings. The molecule has 0 spiro atoms. The molecule has 3 rings (SSSR count). The van der Waals surface area contributed by atoms with E-state index in [-0.39, 0.29) is 17.8 Å². The van der Waals surface area contributed by atoms with Gasteiger partial charge >= 0.3 is 0 Å². The summed E-state index contributed by atoms with van der Waals surface area (Å²) < 4.78 is 19.1. The third-order valence-corrected chi connectivity index (χ3v) is 4.13. The lowest BCUT2D eigenvalue weighted by Crippen LogP contribution is -2.37. The Kier molecular flexibility index (Phi) is 5.11. The summed E-state index contributed by atoms with van der Waals surface area (Å²) in [7, 11) is 0. The number of ether oxygens (including phenoxy) is 1. The summed E-state index contributed by atoms with van der Waals surface area (Å²) >= 11 is 0. The molecule has 1 aliphatic heterocycles. The van der Waals surface area contributed by atoms with Gasteiger partial charge in [0.2, 0.25) is 0 Å². The van der Waals surface area contributed by atoms with E-state index in [0.717, 1.165) is 25.0 Å². The minimum absolute atomic E-state index is 0.0311. The Labute approximate surface area is 141 Å². The predicted molar refractivity (Wildman–Crippen MR) is 91.0 cm³/mol. The van der Waals surface area contributed by atoms with Crippen LogP contribution in [0.2, 0.25) is 0 Å². The van der Waals surface area contributed by atoms with Crippen LogP contribution in [0.1, 0.15) is 28.8 Å². The van der Waals surface area contributed by atoms with Crippen molar-refractivity contribution in [1.29, 1.82) is 0 Å². The van der Waals surface area contributed by atoms with Gasteiger partial charge in [-0.3, -0.25) is 4.79 Å². The van der Waals surface area contributed by atoms with Crippen LogP contribution in [0.5, 0.6) is 0 Å². The SMILES string of the molecule is Nc1cccc(C(=O)N(Cc2cccc(F)c2)CC2CCCO2)c1. The highest BCUT2D eigenvalue weighted by Crippen LogP contribution is 2.18. The van der Waals surface area contributed by atoms with Crippen molar-refractivity contribution in [1.82, 2.24) is 4.90 Å². The minimum atomic E-state index is -0.305. The van der Waals surface area contributed by atoms with Gasteiger partial charge in [-0.1, -0.05) is 18.2 Å². The van der Waals surface area contributed by atoms with Crippen LogP contribution in [0.3, 0.4) is 0 Å². The molecule has 4 nitrogen and oxygen atoms in total. The van der Waals surface area contributed by atoms with E-state index in [4.69, 9.17) is 10.5 Å². The van der Waals surface area contributed by atoms with Crippen molar-refractivity contribution >= 4 is 11.6 Å². The Bertz CT molecular complexity index is 714. The number of nitrogen functional groups attached to an aromatic ring is 1. The van der Waals surface area contributed by atoms with Gasteiger partial charge in [0, 0.05) is 30.9 Å². The molecule has 24 heavy (non-hydrogen) atoms. The number of halogens is 1. The maximum atomic E-state index is 13.5. The Hall–Kier alpha value is -2.40. The average Bonchev–Trinajstić information content (AvgIpc) is 3.07. The van der Waals surface area contributed by atoms with Crippen LogP contribution in [-0.4, -0.2) is 30.1 Å². The van der Waals surface area contributed by atoms with E-state index in [2.05, 4.69) is 0 Å². The molecule has 2 aromatic carbocycles. The fourth-order valence-corrected chi connectivity index (χ4v) is 2.96. The molecule has 1 saturated heterocycles. The smallest absolute Gasteiger partial charge is 0.254 e. The number of nitrogens with zero attached hydrogens (tertiary/aromatic N) is 1. The first-order valence-electron chi connectivity index (χ1n) is 8.13. The number of hydrogen-bond donors (Lipinski definition) is 1. The Balaban J connectivity index is 1.81. The van der Waals surface area contributed by atoms with Crippen LogP contribution in [-0.2, 0) is 11.3 Å². The zero-order valence-corrected chi connectivity index (χ0v) is 13.5. The van der Waals surface area contributed by atoms with Gasteiger partial charge in [-0.2, -0.15) is 0 Å². The lowest BCUT2D eigenvalue weighted by molar-refractivity contribution is 0.0507. The zero-order valence-electron chi connectivity index (χ0n) is 13.5. The van der Waals surface area contributed by atoms with Gasteiger partial charge in [-0.15, -0.1) is 0 Å². The maximum absolute atomic E-state index is 13.5. The van der Waals surface area contributed by atoms with Crippen molar-refractivity contribution in [2.45, 2.75) is 25.5 Å². The molecule has 1 atom stereocenters. The van der Waals surface area contributed by atoms with E-state index in [9.17, 15) is 9.18 Å². The normalized spacial score (nSPS) is 17.0. The molecule has 0 bridgehead atoms. The van der Waals surface area contributed by atoms with Crippen LogP contribution < -0.4 is 5.73 Å². The minimum Gasteiger partial charge on any atom is -0.399 e. The molecule has 1 unspecified atom stereocenters. The van der Waals surface area contributed by atoms with Gasteiger partial charge in [0.25, 0.3) is 5.91 Å². The number of nitrogens with two attached hydrogens (primary N) is 1. The summed E-state index contributed by atoms with van der Waals surface area (Å²) in [5, 5.41) is 0. The third-order valence-electron chi connectivity index (χ3n) is 4.13. The number of anilines is 1. The Morgan fingerprint density at radius 3 is 2.79 bits per heavy atom. The second kappa shape index (κ2) is 7.45. The second-order valence-corrected chi connectivity index (χ2v) is 6.08. The standard InChI is InChI=1S/C19H21FN2O2/c20-16-6-1-4-14(10-16)12-22(13-18-8-3-9-24-18)19(23)15-5-2-7-17(21)11-15/h1-2,4-7,10-11,18H,3,8-9,12-13,21H2. The summed E-state index contributed by atoms with van der Waals surface area (Å²) in [6, 6.07) is 13.2. The molecule has 126 valence electrons. The van der Waals surface area contributed by atoms with Gasteiger partial charge in [-0.05, 0) is 48.7 Å². The first kappa shape index (κ1) is 16.5. The molecule has 0 aliphatic carbocycles. The summed E-state index contributed by atoms with van der Waals surface area (Å²) in [6.07, 6.45) is 1.97. The molecule has 1 heterocycles. The molecular weight excluding hydrogens is 307 g/mol. The molecule has 1 fully saturated rings. The number of rotatable bonds is 5. The molecule has 5 heteroatoms. The van der Waals surface area contributed by atoms with Gasteiger partial charge in [0.1, 0.15) is 5.82 Å². The highest BCUT2D eigenvalue weighted by molar-refractivity contribution is 5.95. The quantitative estimate of drug-likeness (QED) is 0.857. The van der Waals surface area contributed by atoms with E-state index in [0.29, 0.717) is 24.3 Å². The van der Waals surface area contributed by atoms with E-state index >= 15 is 0 Å². The van der Waals surface area contributed by atoms with E-state index in [1.165, 1.54) is 12.1 Å². The average molecular weight is 328 g/mol. The molecule has 0 radical (unpaired) electrons. The van der Waals surface area contributed by atoms with E-state index < -0.39 is 0 Å². The fourth-order valence-electron chi connectivity index (χ4n) is 2.96. The highest BCUT2D eigenvalue weighted by Gasteiger charge is 2.23. The van der Waals surface area contributed by atoms with Crippen molar-refractivity contribution in [2.75, 3.05) is 18.9 Å². The highest BCUT2D eigenvalue weighted by atomic mass is 19.1. The molecule has 2 N–H and O–H groups in total. The number of carbonyl (C=O) groups is 1. The molecule has 0 saturated carbocycles. The van der Waals surface area contributed by atoms with Crippen LogP contribution in [0.25, 0.3) is 0 Å². The Morgan fingerprint density at radius 1 is 1.25 bits per heavy atom. The molecular formula is C19H21FN2O2. The Morgan fingerprint density at radius 2 is 2.08 bits per heavy atom. The second-order valence-electron chi connectivity index (χ2n) is 6.08. The number of carbonyl (C=O) groups excluding carboxylic acids is 1. The summed E-state index contributed by atoms with van der Waals surface area (Å²) in [5.74, 6) is -0.428. The fraction of sp³-hybridized carbons (Fsp3) is 0.316. The summed E-state index contributed by atoms with van der Waals surface area (Å²) in [4.78, 5) is 14.6. The number of benzene rings is 2. The molecule has 1 aliphatic rings. The van der Waals surface area contributed by atoms with Crippen LogP contribution in [0, 0.1) is 5.82 Å². The molecule has 0 aromatic heterocycles. The van der Waals surface area contributed by atoms with Crippen molar-refractivity contribution in [3.63, 3.8) is 0 Å².